The third kappa shape index (κ3) is 3.53. The van der Waals surface area contributed by atoms with Crippen molar-refractivity contribution in [2.24, 2.45) is 0 Å². The molecule has 0 aliphatic rings. The van der Waals surface area contributed by atoms with Crippen molar-refractivity contribution in [3.8, 4) is 0 Å². The molecular weight excluding hydrogens is 308 g/mol. The van der Waals surface area contributed by atoms with Gasteiger partial charge in [-0.25, -0.2) is 0 Å². The van der Waals surface area contributed by atoms with Crippen LogP contribution in [0.15, 0.2) is 97.1 Å². The second-order valence-electron chi connectivity index (χ2n) is 6.16. The number of aliphatic carboxylic acids is 1. The maximum Gasteiger partial charge on any atom is 0.317 e. The molecule has 124 valence electrons. The van der Waals surface area contributed by atoms with Crippen LogP contribution in [0.5, 0.6) is 0 Å². The van der Waals surface area contributed by atoms with Crippen LogP contribution in [0.4, 0.5) is 0 Å². The van der Waals surface area contributed by atoms with Crippen molar-refractivity contribution in [2.75, 3.05) is 0 Å². The monoisotopic (exact) mass is 328 g/mol. The van der Waals surface area contributed by atoms with Crippen LogP contribution in [0.3, 0.4) is 0 Å². The van der Waals surface area contributed by atoms with Crippen LogP contribution in [0.25, 0.3) is 5.57 Å². The summed E-state index contributed by atoms with van der Waals surface area (Å²) in [5, 5.41) is 9.98. The summed E-state index contributed by atoms with van der Waals surface area (Å²) in [4.78, 5) is 12.2. The molecule has 0 saturated carbocycles. The van der Waals surface area contributed by atoms with Crippen molar-refractivity contribution in [3.63, 3.8) is 0 Å². The van der Waals surface area contributed by atoms with Crippen molar-refractivity contribution in [1.82, 2.24) is 0 Å². The molecule has 3 aromatic rings. The summed E-state index contributed by atoms with van der Waals surface area (Å²) in [5.74, 6) is -0.872. The van der Waals surface area contributed by atoms with Crippen molar-refractivity contribution in [1.29, 1.82) is 0 Å². The lowest BCUT2D eigenvalue weighted by Crippen LogP contribution is -2.30. The topological polar surface area (TPSA) is 37.3 Å². The number of carboxylic acid groups (broad SMARTS) is 1. The van der Waals surface area contributed by atoms with Crippen molar-refractivity contribution in [2.45, 2.75) is 12.3 Å². The largest absolute Gasteiger partial charge is 0.480 e. The van der Waals surface area contributed by atoms with Gasteiger partial charge in [0, 0.05) is 0 Å². The number of carboxylic acids is 1. The fraction of sp³-hybridized carbons (Fsp3) is 0.0870. The van der Waals surface area contributed by atoms with Crippen molar-refractivity contribution < 1.29 is 9.90 Å². The summed E-state index contributed by atoms with van der Waals surface area (Å²) < 4.78 is 0. The van der Waals surface area contributed by atoms with Gasteiger partial charge in [-0.05, 0) is 29.2 Å². The second kappa shape index (κ2) is 7.18. The molecule has 0 radical (unpaired) electrons. The standard InChI is InChI=1S/C23H20O2/c1-23(22(24)25,20-15-9-4-10-16-20)17-21(18-11-5-2-6-12-18)19-13-7-3-8-14-19/h2-17H,1H3,(H,24,25). The van der Waals surface area contributed by atoms with E-state index in [2.05, 4.69) is 0 Å². The number of hydrogen-bond acceptors (Lipinski definition) is 1. The summed E-state index contributed by atoms with van der Waals surface area (Å²) >= 11 is 0. The first kappa shape index (κ1) is 16.7. The van der Waals surface area contributed by atoms with E-state index in [9.17, 15) is 9.90 Å². The van der Waals surface area contributed by atoms with Gasteiger partial charge in [-0.1, -0.05) is 97.1 Å². The normalized spacial score (nSPS) is 12.8. The quantitative estimate of drug-likeness (QED) is 0.702. The fourth-order valence-corrected chi connectivity index (χ4v) is 2.91. The highest BCUT2D eigenvalue weighted by Crippen LogP contribution is 2.33. The minimum Gasteiger partial charge on any atom is -0.480 e. The zero-order valence-corrected chi connectivity index (χ0v) is 14.1. The van der Waals surface area contributed by atoms with E-state index in [1.165, 1.54) is 0 Å². The molecular formula is C23H20O2. The van der Waals surface area contributed by atoms with E-state index in [-0.39, 0.29) is 0 Å². The average molecular weight is 328 g/mol. The second-order valence-corrected chi connectivity index (χ2v) is 6.16. The van der Waals surface area contributed by atoms with E-state index in [1.54, 1.807) is 6.92 Å². The van der Waals surface area contributed by atoms with E-state index in [1.807, 2.05) is 97.1 Å². The van der Waals surface area contributed by atoms with E-state index >= 15 is 0 Å². The summed E-state index contributed by atoms with van der Waals surface area (Å²) in [5.41, 5.74) is 2.54. The fourth-order valence-electron chi connectivity index (χ4n) is 2.91. The lowest BCUT2D eigenvalue weighted by atomic mass is 9.79. The highest BCUT2D eigenvalue weighted by Gasteiger charge is 2.33. The van der Waals surface area contributed by atoms with Gasteiger partial charge in [0.05, 0.1) is 0 Å². The van der Waals surface area contributed by atoms with E-state index in [0.29, 0.717) is 0 Å². The predicted molar refractivity (Wildman–Crippen MR) is 101 cm³/mol. The Kier molecular flexibility index (Phi) is 4.80. The molecule has 0 aliphatic heterocycles. The molecule has 0 aromatic heterocycles. The van der Waals surface area contributed by atoms with Gasteiger partial charge < -0.3 is 5.11 Å². The van der Waals surface area contributed by atoms with Gasteiger partial charge in [-0.2, -0.15) is 0 Å². The molecule has 0 bridgehead atoms. The SMILES string of the molecule is CC(C=C(c1ccccc1)c1ccccc1)(C(=O)O)c1ccccc1. The van der Waals surface area contributed by atoms with E-state index in [0.717, 1.165) is 22.3 Å². The van der Waals surface area contributed by atoms with Crippen LogP contribution in [-0.4, -0.2) is 11.1 Å². The Labute approximate surface area is 148 Å². The van der Waals surface area contributed by atoms with Crippen LogP contribution in [0.1, 0.15) is 23.6 Å². The Hall–Kier alpha value is -3.13. The Morgan fingerprint density at radius 1 is 0.760 bits per heavy atom. The summed E-state index contributed by atoms with van der Waals surface area (Å²) in [7, 11) is 0. The molecule has 1 unspecified atom stereocenters. The van der Waals surface area contributed by atoms with Crippen LogP contribution >= 0.6 is 0 Å². The molecule has 0 amide bonds. The maximum absolute atomic E-state index is 12.2. The van der Waals surface area contributed by atoms with Crippen LogP contribution in [-0.2, 0) is 10.2 Å². The third-order valence-corrected chi connectivity index (χ3v) is 4.42. The minimum absolute atomic E-state index is 0.756. The number of carbonyl (C=O) groups is 1. The van der Waals surface area contributed by atoms with Crippen LogP contribution < -0.4 is 0 Å². The lowest BCUT2D eigenvalue weighted by molar-refractivity contribution is -0.141. The lowest BCUT2D eigenvalue weighted by Gasteiger charge is -2.24. The molecule has 0 aliphatic carbocycles. The van der Waals surface area contributed by atoms with Gasteiger partial charge in [0.15, 0.2) is 0 Å². The molecule has 3 aromatic carbocycles. The highest BCUT2D eigenvalue weighted by atomic mass is 16.4. The average Bonchev–Trinajstić information content (AvgIpc) is 2.68. The molecule has 2 nitrogen and oxygen atoms in total. The molecule has 0 saturated heterocycles. The van der Waals surface area contributed by atoms with Gasteiger partial charge in [0.2, 0.25) is 0 Å². The Morgan fingerprint density at radius 2 is 1.16 bits per heavy atom. The van der Waals surface area contributed by atoms with E-state index < -0.39 is 11.4 Å². The maximum atomic E-state index is 12.2. The van der Waals surface area contributed by atoms with Gasteiger partial charge in [-0.15, -0.1) is 0 Å². The zero-order valence-electron chi connectivity index (χ0n) is 14.1. The molecule has 0 heterocycles. The zero-order chi connectivity index (χ0) is 17.7. The van der Waals surface area contributed by atoms with Crippen molar-refractivity contribution in [3.05, 3.63) is 114 Å². The van der Waals surface area contributed by atoms with Gasteiger partial charge >= 0.3 is 5.97 Å². The molecule has 3 rings (SSSR count). The number of rotatable bonds is 5. The number of benzene rings is 3. The molecule has 25 heavy (non-hydrogen) atoms. The summed E-state index contributed by atoms with van der Waals surface area (Å²) in [6.45, 7) is 1.75. The minimum atomic E-state index is -1.12. The van der Waals surface area contributed by atoms with Gasteiger partial charge in [0.25, 0.3) is 0 Å². The van der Waals surface area contributed by atoms with Crippen molar-refractivity contribution >= 4 is 11.5 Å². The first-order chi connectivity index (χ1) is 12.1. The Bertz CT molecular complexity index is 826. The van der Waals surface area contributed by atoms with Crippen LogP contribution in [0.2, 0.25) is 0 Å². The number of hydrogen-bond donors (Lipinski definition) is 1. The predicted octanol–water partition coefficient (Wildman–Crippen LogP) is 5.16. The first-order valence-electron chi connectivity index (χ1n) is 8.24. The summed E-state index contributed by atoms with van der Waals surface area (Å²) in [6.07, 6.45) is 1.86. The molecule has 1 atom stereocenters. The highest BCUT2D eigenvalue weighted by molar-refractivity contribution is 5.90. The Balaban J connectivity index is 2.22. The first-order valence-corrected chi connectivity index (χ1v) is 8.24. The molecule has 2 heteroatoms. The summed E-state index contributed by atoms with van der Waals surface area (Å²) in [6, 6.07) is 29.2. The van der Waals surface area contributed by atoms with E-state index in [4.69, 9.17) is 0 Å². The molecule has 0 spiro atoms. The van der Waals surface area contributed by atoms with Crippen LogP contribution in [0, 0.1) is 0 Å². The molecule has 1 N–H and O–H groups in total. The van der Waals surface area contributed by atoms with Gasteiger partial charge in [0.1, 0.15) is 5.41 Å². The Morgan fingerprint density at radius 3 is 1.56 bits per heavy atom. The smallest absolute Gasteiger partial charge is 0.317 e. The van der Waals surface area contributed by atoms with Gasteiger partial charge in [-0.3, -0.25) is 4.79 Å². The molecule has 0 fully saturated rings. The third-order valence-electron chi connectivity index (χ3n) is 4.42.